The van der Waals surface area contributed by atoms with Crippen molar-refractivity contribution >= 4 is 11.0 Å². The van der Waals surface area contributed by atoms with Crippen molar-refractivity contribution in [2.45, 2.75) is 0 Å². The molecule has 0 spiro atoms. The van der Waals surface area contributed by atoms with Gasteiger partial charge in [0.05, 0.1) is 11.6 Å². The average molecular weight is 341 g/mol. The van der Waals surface area contributed by atoms with E-state index in [1.54, 1.807) is 0 Å². The van der Waals surface area contributed by atoms with Crippen LogP contribution in [-0.2, 0) is 0 Å². The van der Waals surface area contributed by atoms with E-state index in [-0.39, 0.29) is 63.4 Å². The molecule has 1 aromatic heterocycles. The maximum atomic E-state index is 10.0. The Morgan fingerprint density at radius 1 is 0.696 bits per heavy atom. The number of rotatable bonds is 1. The number of hydrogen-bond donors (Lipinski definition) is 5. The molecule has 0 unspecified atom stereocenters. The fraction of sp³-hybridized carbons (Fsp3) is 0. The highest BCUT2D eigenvalue weighted by Crippen LogP contribution is 2.40. The number of aromatic hydroxyl groups is 5. The summed E-state index contributed by atoms with van der Waals surface area (Å²) in [5.74, 6) is -1.30. The molecule has 3 aromatic rings. The van der Waals surface area contributed by atoms with Crippen molar-refractivity contribution in [3.63, 3.8) is 0 Å². The molecule has 0 radical (unpaired) electrons. The van der Waals surface area contributed by atoms with E-state index in [1.165, 1.54) is 30.3 Å². The first kappa shape index (κ1) is 18.1. The van der Waals surface area contributed by atoms with Crippen LogP contribution < -0.4 is 12.4 Å². The summed E-state index contributed by atoms with van der Waals surface area (Å²) in [6.07, 6.45) is 0. The third-order valence-electron chi connectivity index (χ3n) is 3.07. The minimum Gasteiger partial charge on any atom is -1.00 e. The fourth-order valence-corrected chi connectivity index (χ4v) is 2.06. The molecule has 0 saturated heterocycles. The van der Waals surface area contributed by atoms with E-state index < -0.39 is 0 Å². The average Bonchev–Trinajstić information content (AvgIpc) is 2.42. The highest BCUT2D eigenvalue weighted by Gasteiger charge is 2.24. The van der Waals surface area contributed by atoms with Gasteiger partial charge >= 0.3 is 11.3 Å². The molecule has 7 nitrogen and oxygen atoms in total. The van der Waals surface area contributed by atoms with Crippen LogP contribution in [0, 0.1) is 0 Å². The quantitative estimate of drug-likeness (QED) is 0.286. The van der Waals surface area contributed by atoms with Crippen molar-refractivity contribution < 1.29 is 47.8 Å². The van der Waals surface area contributed by atoms with E-state index in [0.29, 0.717) is 5.56 Å². The Bertz CT molecular complexity index is 864. The molecule has 1 heterocycles. The summed E-state index contributed by atoms with van der Waals surface area (Å²) in [5.41, 5.74) is 0.486. The highest BCUT2D eigenvalue weighted by molar-refractivity contribution is 5.88. The lowest BCUT2D eigenvalue weighted by Crippen LogP contribution is -3.00. The van der Waals surface area contributed by atoms with Crippen molar-refractivity contribution in [2.75, 3.05) is 0 Å². The normalized spacial score (nSPS) is 9.91. The Morgan fingerprint density at radius 3 is 2.04 bits per heavy atom. The van der Waals surface area contributed by atoms with E-state index in [4.69, 9.17) is 4.42 Å². The molecule has 0 saturated carbocycles. The zero-order chi connectivity index (χ0) is 15.1. The Kier molecular flexibility index (Phi) is 5.11. The van der Waals surface area contributed by atoms with Crippen molar-refractivity contribution in [1.82, 2.24) is 0 Å². The van der Waals surface area contributed by atoms with Crippen LogP contribution in [0.3, 0.4) is 0 Å². The first-order chi connectivity index (χ1) is 9.95. The van der Waals surface area contributed by atoms with Crippen molar-refractivity contribution in [2.24, 2.45) is 0 Å². The maximum absolute atomic E-state index is 10.0. The van der Waals surface area contributed by atoms with Crippen molar-refractivity contribution in [3.05, 3.63) is 36.4 Å². The molecule has 7 N–H and O–H groups in total. The van der Waals surface area contributed by atoms with Crippen LogP contribution in [0.1, 0.15) is 0 Å². The number of hydrogen-bond acceptors (Lipinski definition) is 5. The lowest BCUT2D eigenvalue weighted by atomic mass is 10.1. The van der Waals surface area contributed by atoms with Gasteiger partial charge in [-0.15, -0.1) is 0 Å². The van der Waals surface area contributed by atoms with Crippen LogP contribution >= 0.6 is 0 Å². The summed E-state index contributed by atoms with van der Waals surface area (Å²) < 4.78 is 5.47. The maximum Gasteiger partial charge on any atom is 0.402 e. The third kappa shape index (κ3) is 3.15. The van der Waals surface area contributed by atoms with Gasteiger partial charge in [-0.1, -0.05) is 0 Å². The molecule has 0 bridgehead atoms. The SMILES string of the molecule is O.Oc1cc(O)c2cc(O)c(-c3ccc(O)c(O)c3)[o+]c2c1.[Cl-]. The number of halogens is 1. The summed E-state index contributed by atoms with van der Waals surface area (Å²) in [4.78, 5) is 0. The van der Waals surface area contributed by atoms with Gasteiger partial charge in [0.1, 0.15) is 16.9 Å². The van der Waals surface area contributed by atoms with Gasteiger partial charge in [-0.05, 0) is 12.1 Å². The van der Waals surface area contributed by atoms with Gasteiger partial charge in [-0.3, -0.25) is 0 Å². The fourth-order valence-electron chi connectivity index (χ4n) is 2.06. The standard InChI is InChI=1S/C15H10O6.ClH.H2O/c16-8-4-11(18)9-6-13(20)15(21-14(9)5-8)7-1-2-10(17)12(19)3-7;;/h1-6H,(H4-,16,17,18,19,20);1H;1H2. The van der Waals surface area contributed by atoms with Gasteiger partial charge in [0.15, 0.2) is 11.5 Å². The zero-order valence-electron chi connectivity index (χ0n) is 11.5. The number of fused-ring (bicyclic) bond motifs is 1. The van der Waals surface area contributed by atoms with Crippen LogP contribution in [0.25, 0.3) is 22.3 Å². The van der Waals surface area contributed by atoms with Crippen LogP contribution in [0.15, 0.2) is 40.8 Å². The molecule has 2 aromatic carbocycles. The Balaban J connectivity index is 0.00000132. The van der Waals surface area contributed by atoms with Crippen LogP contribution in [0.2, 0.25) is 0 Å². The smallest absolute Gasteiger partial charge is 0.402 e. The first-order valence-electron chi connectivity index (χ1n) is 6.00. The minimum absolute atomic E-state index is 0. The summed E-state index contributed by atoms with van der Waals surface area (Å²) in [6.45, 7) is 0. The molecular weight excluding hydrogens is 328 g/mol. The first-order valence-corrected chi connectivity index (χ1v) is 6.00. The second kappa shape index (κ2) is 6.47. The second-order valence-corrected chi connectivity index (χ2v) is 4.54. The van der Waals surface area contributed by atoms with Gasteiger partial charge in [0, 0.05) is 18.2 Å². The molecule has 0 aliphatic carbocycles. The minimum atomic E-state index is -0.360. The zero-order valence-corrected chi connectivity index (χ0v) is 12.2. The van der Waals surface area contributed by atoms with E-state index in [9.17, 15) is 25.5 Å². The largest absolute Gasteiger partial charge is 1.00 e. The Labute approximate surface area is 136 Å². The number of benzene rings is 2. The van der Waals surface area contributed by atoms with E-state index in [2.05, 4.69) is 0 Å². The Morgan fingerprint density at radius 2 is 1.39 bits per heavy atom. The molecule has 122 valence electrons. The summed E-state index contributed by atoms with van der Waals surface area (Å²) in [5, 5.41) is 48.2. The lowest BCUT2D eigenvalue weighted by molar-refractivity contribution is -0.0000106. The number of phenols is 4. The van der Waals surface area contributed by atoms with Crippen LogP contribution in [0.5, 0.6) is 28.7 Å². The van der Waals surface area contributed by atoms with Gasteiger partial charge < -0.3 is 43.4 Å². The topological polar surface area (TPSA) is 144 Å². The molecule has 0 fully saturated rings. The van der Waals surface area contributed by atoms with Crippen molar-refractivity contribution in [3.8, 4) is 40.1 Å². The van der Waals surface area contributed by atoms with Crippen LogP contribution in [-0.4, -0.2) is 31.0 Å². The molecular formula is C15H13ClO7. The monoisotopic (exact) mass is 340 g/mol. The predicted molar refractivity (Wildman–Crippen MR) is 78.0 cm³/mol. The predicted octanol–water partition coefficient (Wildman–Crippen LogP) is -0.912. The van der Waals surface area contributed by atoms with Crippen molar-refractivity contribution in [1.29, 1.82) is 0 Å². The summed E-state index contributed by atoms with van der Waals surface area (Å²) in [7, 11) is 0. The lowest BCUT2D eigenvalue weighted by Gasteiger charge is -2.01. The Hall–Kier alpha value is -2.90. The molecule has 0 amide bonds. The van der Waals surface area contributed by atoms with Gasteiger partial charge in [-0.25, -0.2) is 4.42 Å². The van der Waals surface area contributed by atoms with E-state index in [0.717, 1.165) is 6.07 Å². The molecule has 0 atom stereocenters. The van der Waals surface area contributed by atoms with Gasteiger partial charge in [0.2, 0.25) is 5.75 Å². The molecule has 0 aliphatic heterocycles. The molecule has 23 heavy (non-hydrogen) atoms. The van der Waals surface area contributed by atoms with Gasteiger partial charge in [-0.2, -0.15) is 0 Å². The summed E-state index contributed by atoms with van der Waals surface area (Å²) in [6, 6.07) is 7.63. The summed E-state index contributed by atoms with van der Waals surface area (Å²) >= 11 is 0. The molecule has 0 aliphatic rings. The number of phenolic OH excluding ortho intramolecular Hbond substituents is 4. The second-order valence-electron chi connectivity index (χ2n) is 4.54. The van der Waals surface area contributed by atoms with E-state index >= 15 is 0 Å². The highest BCUT2D eigenvalue weighted by atomic mass is 35.5. The van der Waals surface area contributed by atoms with E-state index in [1.807, 2.05) is 0 Å². The van der Waals surface area contributed by atoms with Crippen LogP contribution in [0.4, 0.5) is 0 Å². The van der Waals surface area contributed by atoms with Gasteiger partial charge in [0.25, 0.3) is 0 Å². The third-order valence-corrected chi connectivity index (χ3v) is 3.07. The molecule has 3 rings (SSSR count). The molecule has 8 heteroatoms.